The Morgan fingerprint density at radius 2 is 2.44 bits per heavy atom. The first-order chi connectivity index (χ1) is 7.78. The molecule has 0 unspecified atom stereocenters. The van der Waals surface area contributed by atoms with E-state index in [0.717, 1.165) is 21.2 Å². The van der Waals surface area contributed by atoms with Gasteiger partial charge in [0.25, 0.3) is 0 Å². The Kier molecular flexibility index (Phi) is 3.78. The lowest BCUT2D eigenvalue weighted by Gasteiger charge is -1.98. The second-order valence-corrected chi connectivity index (χ2v) is 5.82. The SMILES string of the molecule is C=CC1=C=C=C(CSc2n[nH]c(=S)s2)C=C1. The molecule has 0 radical (unpaired) electrons. The summed E-state index contributed by atoms with van der Waals surface area (Å²) in [7, 11) is 0. The highest BCUT2D eigenvalue weighted by Gasteiger charge is 2.01. The number of nitrogens with zero attached hydrogens (tertiary/aromatic N) is 1. The smallest absolute Gasteiger partial charge is 0.177 e. The van der Waals surface area contributed by atoms with Gasteiger partial charge in [-0.15, -0.1) is 0 Å². The number of aromatic nitrogens is 2. The lowest BCUT2D eigenvalue weighted by Crippen LogP contribution is -1.84. The Labute approximate surface area is 107 Å². The van der Waals surface area contributed by atoms with Gasteiger partial charge >= 0.3 is 0 Å². The minimum atomic E-state index is 0.708. The standard InChI is InChI=1S/C11H8N2S3/c1-2-8-3-5-9(6-4-8)7-15-11-13-12-10(14)16-11/h2-3,5H,1,7H2,(H,12,14). The summed E-state index contributed by atoms with van der Waals surface area (Å²) in [6.07, 6.45) is 5.75. The van der Waals surface area contributed by atoms with E-state index < -0.39 is 0 Å². The van der Waals surface area contributed by atoms with Crippen molar-refractivity contribution in [3.8, 4) is 0 Å². The van der Waals surface area contributed by atoms with Gasteiger partial charge in [-0.3, -0.25) is 5.10 Å². The summed E-state index contributed by atoms with van der Waals surface area (Å²) in [5, 5.41) is 6.83. The molecule has 1 N–H and O–H groups in total. The molecule has 2 nitrogen and oxygen atoms in total. The molecule has 80 valence electrons. The molecule has 0 fully saturated rings. The fraction of sp³-hybridized carbons (Fsp3) is 0.0909. The van der Waals surface area contributed by atoms with Crippen molar-refractivity contribution in [2.75, 3.05) is 5.75 Å². The van der Waals surface area contributed by atoms with Gasteiger partial charge in [-0.1, -0.05) is 47.2 Å². The molecule has 2 rings (SSSR count). The highest BCUT2D eigenvalue weighted by Crippen LogP contribution is 2.23. The quantitative estimate of drug-likeness (QED) is 0.511. The molecule has 0 aromatic carbocycles. The van der Waals surface area contributed by atoms with Gasteiger partial charge in [-0.25, -0.2) is 0 Å². The van der Waals surface area contributed by atoms with Gasteiger partial charge in [0.05, 0.1) is 0 Å². The van der Waals surface area contributed by atoms with Crippen LogP contribution in [0.4, 0.5) is 0 Å². The molecule has 1 aromatic heterocycles. The number of allylic oxidation sites excluding steroid dienone is 4. The third-order valence-electron chi connectivity index (χ3n) is 1.82. The van der Waals surface area contributed by atoms with Crippen LogP contribution in [0.25, 0.3) is 0 Å². The van der Waals surface area contributed by atoms with Gasteiger partial charge in [0, 0.05) is 16.9 Å². The molecule has 1 aliphatic carbocycles. The van der Waals surface area contributed by atoms with Crippen molar-refractivity contribution in [2.45, 2.75) is 4.34 Å². The van der Waals surface area contributed by atoms with Crippen molar-refractivity contribution in [2.24, 2.45) is 0 Å². The molecule has 0 aliphatic heterocycles. The van der Waals surface area contributed by atoms with Gasteiger partial charge < -0.3 is 0 Å². The van der Waals surface area contributed by atoms with Crippen molar-refractivity contribution < 1.29 is 0 Å². The number of thioether (sulfide) groups is 1. The van der Waals surface area contributed by atoms with Crippen LogP contribution in [0.2, 0.25) is 0 Å². The Bertz CT molecular complexity index is 591. The van der Waals surface area contributed by atoms with Gasteiger partial charge in [0.15, 0.2) is 8.29 Å². The first-order valence-electron chi connectivity index (χ1n) is 4.51. The number of aromatic amines is 1. The summed E-state index contributed by atoms with van der Waals surface area (Å²) in [5.74, 6) is 0.823. The molecule has 5 heteroatoms. The van der Waals surface area contributed by atoms with Crippen molar-refractivity contribution in [1.29, 1.82) is 0 Å². The molecule has 0 atom stereocenters. The van der Waals surface area contributed by atoms with Crippen molar-refractivity contribution in [3.63, 3.8) is 0 Å². The predicted octanol–water partition coefficient (Wildman–Crippen LogP) is 3.66. The zero-order valence-corrected chi connectivity index (χ0v) is 10.8. The third-order valence-corrected chi connectivity index (χ3v) is 4.10. The van der Waals surface area contributed by atoms with Gasteiger partial charge in [-0.2, -0.15) is 5.10 Å². The van der Waals surface area contributed by atoms with Crippen LogP contribution in [-0.2, 0) is 0 Å². The summed E-state index contributed by atoms with van der Waals surface area (Å²) in [5.41, 5.74) is 8.17. The topological polar surface area (TPSA) is 28.7 Å². The van der Waals surface area contributed by atoms with Crippen LogP contribution in [0, 0.1) is 3.95 Å². The molecular weight excluding hydrogens is 256 g/mol. The van der Waals surface area contributed by atoms with E-state index >= 15 is 0 Å². The maximum Gasteiger partial charge on any atom is 0.177 e. The zero-order chi connectivity index (χ0) is 11.4. The summed E-state index contributed by atoms with van der Waals surface area (Å²) in [6.45, 7) is 3.68. The van der Waals surface area contributed by atoms with Crippen molar-refractivity contribution >= 4 is 35.3 Å². The van der Waals surface area contributed by atoms with E-state index in [0.29, 0.717) is 3.95 Å². The number of hydrogen-bond donors (Lipinski definition) is 1. The van der Waals surface area contributed by atoms with E-state index in [-0.39, 0.29) is 0 Å². The van der Waals surface area contributed by atoms with Gasteiger partial charge in [0.2, 0.25) is 0 Å². The highest BCUT2D eigenvalue weighted by molar-refractivity contribution is 8.01. The molecule has 0 spiro atoms. The summed E-state index contributed by atoms with van der Waals surface area (Å²) in [4.78, 5) is 0. The molecule has 0 amide bonds. The monoisotopic (exact) mass is 264 g/mol. The molecular formula is C11H8N2S3. The van der Waals surface area contributed by atoms with E-state index in [1.807, 2.05) is 12.2 Å². The van der Waals surface area contributed by atoms with Crippen LogP contribution in [0.5, 0.6) is 0 Å². The maximum atomic E-state index is 4.96. The Morgan fingerprint density at radius 1 is 1.56 bits per heavy atom. The van der Waals surface area contributed by atoms with Crippen LogP contribution >= 0.6 is 35.3 Å². The minimum absolute atomic E-state index is 0.708. The maximum absolute atomic E-state index is 4.96. The zero-order valence-electron chi connectivity index (χ0n) is 8.32. The summed E-state index contributed by atoms with van der Waals surface area (Å²) < 4.78 is 1.66. The number of hydrogen-bond acceptors (Lipinski definition) is 4. The summed E-state index contributed by atoms with van der Waals surface area (Å²) in [6, 6.07) is 0. The van der Waals surface area contributed by atoms with Gasteiger partial charge in [0.1, 0.15) is 0 Å². The average molecular weight is 264 g/mol. The van der Waals surface area contributed by atoms with Crippen molar-refractivity contribution in [1.82, 2.24) is 10.2 Å². The van der Waals surface area contributed by atoms with Crippen LogP contribution in [0.3, 0.4) is 0 Å². The van der Waals surface area contributed by atoms with Crippen LogP contribution < -0.4 is 0 Å². The van der Waals surface area contributed by atoms with E-state index in [4.69, 9.17) is 12.2 Å². The van der Waals surface area contributed by atoms with E-state index in [1.165, 1.54) is 11.3 Å². The summed E-state index contributed by atoms with van der Waals surface area (Å²) >= 11 is 8.08. The molecule has 0 saturated carbocycles. The molecule has 1 heterocycles. The van der Waals surface area contributed by atoms with E-state index in [9.17, 15) is 0 Å². The molecule has 0 saturated heterocycles. The number of H-pyrrole nitrogens is 1. The van der Waals surface area contributed by atoms with Crippen LogP contribution in [0.15, 0.2) is 51.8 Å². The van der Waals surface area contributed by atoms with E-state index in [1.54, 1.807) is 17.8 Å². The lowest BCUT2D eigenvalue weighted by atomic mass is 10.1. The highest BCUT2D eigenvalue weighted by atomic mass is 32.2. The normalized spacial score (nSPS) is 13.5. The average Bonchev–Trinajstić information content (AvgIpc) is 2.73. The number of nitrogens with one attached hydrogen (secondary N) is 1. The molecule has 1 aromatic rings. The Balaban J connectivity index is 2.05. The lowest BCUT2D eigenvalue weighted by molar-refractivity contribution is 1.00. The Morgan fingerprint density at radius 3 is 3.00 bits per heavy atom. The second-order valence-electron chi connectivity index (χ2n) is 2.94. The second kappa shape index (κ2) is 5.30. The van der Waals surface area contributed by atoms with Crippen LogP contribution in [0.1, 0.15) is 0 Å². The minimum Gasteiger partial charge on any atom is -0.257 e. The van der Waals surface area contributed by atoms with E-state index in [2.05, 4.69) is 28.2 Å². The first-order valence-corrected chi connectivity index (χ1v) is 6.72. The third kappa shape index (κ3) is 2.95. The molecule has 0 bridgehead atoms. The molecule has 1 aliphatic rings. The number of rotatable bonds is 4. The molecule has 16 heavy (non-hydrogen) atoms. The Hall–Kier alpha value is -1.09. The fourth-order valence-electron chi connectivity index (χ4n) is 1.05. The van der Waals surface area contributed by atoms with Gasteiger partial charge in [-0.05, 0) is 24.4 Å². The largest absolute Gasteiger partial charge is 0.257 e. The predicted molar refractivity (Wildman–Crippen MR) is 71.4 cm³/mol. The first kappa shape index (κ1) is 11.4. The van der Waals surface area contributed by atoms with Crippen LogP contribution in [-0.4, -0.2) is 16.0 Å². The fourth-order valence-corrected chi connectivity index (χ4v) is 3.05. The van der Waals surface area contributed by atoms with Crippen molar-refractivity contribution in [3.05, 3.63) is 51.4 Å².